The van der Waals surface area contributed by atoms with Crippen molar-refractivity contribution in [2.75, 3.05) is 19.3 Å². The van der Waals surface area contributed by atoms with Gasteiger partial charge in [0.15, 0.2) is 0 Å². The molecule has 1 atom stereocenters. The van der Waals surface area contributed by atoms with Crippen LogP contribution >= 0.6 is 11.8 Å². The topological polar surface area (TPSA) is 89.5 Å². The molecule has 2 heterocycles. The van der Waals surface area contributed by atoms with E-state index in [0.717, 1.165) is 40.2 Å². The Labute approximate surface area is 199 Å². The molecule has 1 amide bonds. The molecule has 1 aliphatic rings. The molecular formula is C21H27AsFN3O4S2. The number of hydrogen-bond donors (Lipinski definition) is 0. The minimum absolute atomic E-state index is 0.0235. The number of halogens is 1. The van der Waals surface area contributed by atoms with Crippen LogP contribution in [0.2, 0.25) is 0 Å². The summed E-state index contributed by atoms with van der Waals surface area (Å²) in [5, 5.41) is 1.19. The minimum atomic E-state index is -3.45. The van der Waals surface area contributed by atoms with Crippen LogP contribution in [-0.2, 0) is 14.6 Å². The third-order valence-corrected chi connectivity index (χ3v) is 10.5. The van der Waals surface area contributed by atoms with Gasteiger partial charge in [0.05, 0.1) is 0 Å². The molecule has 3 rings (SSSR count). The first-order valence-corrected chi connectivity index (χ1v) is 15.1. The molecule has 7 nitrogen and oxygen atoms in total. The Morgan fingerprint density at radius 2 is 1.97 bits per heavy atom. The molecule has 0 bridgehead atoms. The first-order chi connectivity index (χ1) is 15.0. The van der Waals surface area contributed by atoms with E-state index in [1.807, 2.05) is 20.8 Å². The summed E-state index contributed by atoms with van der Waals surface area (Å²) in [6, 6.07) is 4.08. The van der Waals surface area contributed by atoms with Gasteiger partial charge >= 0.3 is 200 Å². The van der Waals surface area contributed by atoms with Crippen LogP contribution in [0.4, 0.5) is 9.18 Å². The molecule has 11 heteroatoms. The molecule has 174 valence electrons. The van der Waals surface area contributed by atoms with E-state index in [0.29, 0.717) is 22.7 Å². The van der Waals surface area contributed by atoms with Gasteiger partial charge in [-0.15, -0.1) is 0 Å². The van der Waals surface area contributed by atoms with Gasteiger partial charge < -0.3 is 0 Å². The Morgan fingerprint density at radius 3 is 2.56 bits per heavy atom. The molecule has 2 aromatic rings. The number of likely N-dealkylation sites (tertiary alicyclic amines) is 1. The number of carbonyl (C=O) groups excluding carboxylic acids is 1. The average molecular weight is 544 g/mol. The predicted octanol–water partition coefficient (Wildman–Crippen LogP) is 1.82. The van der Waals surface area contributed by atoms with E-state index in [9.17, 15) is 17.6 Å². The van der Waals surface area contributed by atoms with Crippen molar-refractivity contribution in [3.8, 4) is 0 Å². The fourth-order valence-electron chi connectivity index (χ4n) is 3.22. The first-order valence-electron chi connectivity index (χ1n) is 10.2. The Morgan fingerprint density at radius 1 is 1.28 bits per heavy atom. The van der Waals surface area contributed by atoms with Crippen molar-refractivity contribution in [1.82, 2.24) is 14.9 Å². The normalized spacial score (nSPS) is 15.6. The molecule has 1 aromatic carbocycles. The van der Waals surface area contributed by atoms with Gasteiger partial charge in [0.25, 0.3) is 0 Å². The molecular weight excluding hydrogens is 516 g/mol. The third-order valence-electron chi connectivity index (χ3n) is 4.97. The number of nitrogens with zero attached hydrogens (tertiary/aromatic N) is 3. The van der Waals surface area contributed by atoms with E-state index in [1.165, 1.54) is 12.4 Å². The van der Waals surface area contributed by atoms with Crippen LogP contribution in [-0.4, -0.2) is 75.8 Å². The monoisotopic (exact) mass is 543 g/mol. The molecule has 1 saturated heterocycles. The second-order valence-corrected chi connectivity index (χ2v) is 13.9. The summed E-state index contributed by atoms with van der Waals surface area (Å²) < 4.78 is 44.4. The summed E-state index contributed by atoms with van der Waals surface area (Å²) in [5.74, 6) is -0.513. The van der Waals surface area contributed by atoms with Crippen molar-refractivity contribution in [3.63, 3.8) is 0 Å². The van der Waals surface area contributed by atoms with Crippen molar-refractivity contribution in [3.05, 3.63) is 35.9 Å². The van der Waals surface area contributed by atoms with Gasteiger partial charge in [-0.05, 0) is 0 Å². The van der Waals surface area contributed by atoms with E-state index in [2.05, 4.69) is 9.97 Å². The molecule has 32 heavy (non-hydrogen) atoms. The summed E-state index contributed by atoms with van der Waals surface area (Å²) in [5.41, 5.74) is 0.936. The number of thioether (sulfide) groups is 1. The third kappa shape index (κ3) is 6.45. The zero-order valence-electron chi connectivity index (χ0n) is 18.5. The molecule has 0 saturated carbocycles. The van der Waals surface area contributed by atoms with E-state index >= 15 is 0 Å². The number of amides is 1. The van der Waals surface area contributed by atoms with Crippen LogP contribution in [0.15, 0.2) is 34.4 Å². The zero-order valence-corrected chi connectivity index (χ0v) is 22.2. The zero-order chi connectivity index (χ0) is 23.5. The van der Waals surface area contributed by atoms with Gasteiger partial charge in [0, 0.05) is 0 Å². The molecule has 1 unspecified atom stereocenters. The van der Waals surface area contributed by atoms with Crippen LogP contribution in [0.3, 0.4) is 0 Å². The SMILES string of the molecule is Cc1c(SC2CCN(C(=O)OC(C)C)CC2)ncnc1[AsH]c1ccc(S(C)(=O)=O)cc1F. The number of sulfone groups is 1. The van der Waals surface area contributed by atoms with Crippen molar-refractivity contribution in [2.24, 2.45) is 0 Å². The van der Waals surface area contributed by atoms with E-state index < -0.39 is 31.4 Å². The number of ether oxygens (including phenoxy) is 1. The molecule has 1 aromatic heterocycles. The van der Waals surface area contributed by atoms with Gasteiger partial charge in [0.2, 0.25) is 0 Å². The Hall–Kier alpha value is -1.64. The fourth-order valence-corrected chi connectivity index (χ4v) is 7.38. The van der Waals surface area contributed by atoms with Crippen LogP contribution in [0.25, 0.3) is 0 Å². The van der Waals surface area contributed by atoms with Gasteiger partial charge in [-0.2, -0.15) is 0 Å². The molecule has 1 aliphatic heterocycles. The number of carbonyl (C=O) groups is 1. The summed E-state index contributed by atoms with van der Waals surface area (Å²) in [4.78, 5) is 22.6. The van der Waals surface area contributed by atoms with Crippen LogP contribution < -0.4 is 8.83 Å². The van der Waals surface area contributed by atoms with Gasteiger partial charge in [-0.25, -0.2) is 0 Å². The maximum absolute atomic E-state index is 14.5. The molecule has 0 N–H and O–H groups in total. The van der Waals surface area contributed by atoms with Gasteiger partial charge in [-0.3, -0.25) is 0 Å². The number of hydrogen-bond acceptors (Lipinski definition) is 7. The summed E-state index contributed by atoms with van der Waals surface area (Å²) >= 11 is 0.575. The van der Waals surface area contributed by atoms with Crippen LogP contribution in [0.1, 0.15) is 32.3 Å². The quantitative estimate of drug-likeness (QED) is 0.406. The number of piperidine rings is 1. The van der Waals surface area contributed by atoms with Gasteiger partial charge in [-0.1, -0.05) is 0 Å². The van der Waals surface area contributed by atoms with E-state index in [-0.39, 0.29) is 17.1 Å². The predicted molar refractivity (Wildman–Crippen MR) is 125 cm³/mol. The van der Waals surface area contributed by atoms with Crippen molar-refractivity contribution >= 4 is 52.3 Å². The van der Waals surface area contributed by atoms with Crippen molar-refractivity contribution in [1.29, 1.82) is 0 Å². The summed E-state index contributed by atoms with van der Waals surface area (Å²) in [6.07, 6.45) is 3.86. The Kier molecular flexibility index (Phi) is 8.22. The van der Waals surface area contributed by atoms with Crippen molar-refractivity contribution in [2.45, 2.75) is 54.9 Å². The molecule has 0 radical (unpaired) electrons. The van der Waals surface area contributed by atoms with Gasteiger partial charge in [0.1, 0.15) is 0 Å². The Bertz CT molecular complexity index is 1090. The molecule has 1 fully saturated rings. The number of aromatic nitrogens is 2. The summed E-state index contributed by atoms with van der Waals surface area (Å²) in [7, 11) is -3.45. The number of rotatable bonds is 6. The standard InChI is InChI=1S/C21H27AsFN3O4S2/c1-13(2)30-21(27)26-9-7-15(8-10-26)31-20-14(3)19(24-12-25-20)22-17-6-5-16(11-18(17)23)32(4,28)29/h5-6,11-13,15,22H,7-10H2,1-4H3. The second kappa shape index (κ2) is 10.5. The molecule has 0 aliphatic carbocycles. The fraction of sp³-hybridized carbons (Fsp3) is 0.476. The first kappa shape index (κ1) is 25.0. The van der Waals surface area contributed by atoms with E-state index in [1.54, 1.807) is 22.7 Å². The summed E-state index contributed by atoms with van der Waals surface area (Å²) in [6.45, 7) is 6.91. The average Bonchev–Trinajstić information content (AvgIpc) is 2.71. The van der Waals surface area contributed by atoms with Crippen LogP contribution in [0.5, 0.6) is 0 Å². The Balaban J connectivity index is 1.66. The van der Waals surface area contributed by atoms with Crippen molar-refractivity contribution < 1.29 is 22.3 Å². The van der Waals surface area contributed by atoms with Crippen LogP contribution in [0, 0.1) is 12.7 Å². The van der Waals surface area contributed by atoms with E-state index in [4.69, 9.17) is 4.74 Å². The second-order valence-electron chi connectivity index (χ2n) is 7.93. The maximum atomic E-state index is 14.5. The molecule has 0 spiro atoms. The number of benzene rings is 1.